The molecule has 1 N–H and O–H groups in total. The number of carbonyl (C=O) groups is 1. The van der Waals surface area contributed by atoms with Gasteiger partial charge in [-0.1, -0.05) is 24.3 Å². The molecule has 0 aliphatic carbocycles. The van der Waals surface area contributed by atoms with Gasteiger partial charge in [0.05, 0.1) is 6.61 Å². The highest BCUT2D eigenvalue weighted by atomic mass is 32.1. The van der Waals surface area contributed by atoms with Crippen LogP contribution in [-0.4, -0.2) is 38.7 Å². The van der Waals surface area contributed by atoms with Crippen LogP contribution >= 0.6 is 12.2 Å². The molecule has 2 heterocycles. The first-order chi connectivity index (χ1) is 14.2. The number of rotatable bonds is 6. The lowest BCUT2D eigenvalue weighted by molar-refractivity contribution is -0.132. The van der Waals surface area contributed by atoms with Crippen molar-refractivity contribution >= 4 is 18.1 Å². The lowest BCUT2D eigenvalue weighted by atomic mass is 10.00. The Morgan fingerprint density at radius 1 is 1.17 bits per heavy atom. The zero-order chi connectivity index (χ0) is 20.2. The summed E-state index contributed by atoms with van der Waals surface area (Å²) in [5, 5.41) is 7.21. The Hall–Kier alpha value is -2.93. The predicted octanol–water partition coefficient (Wildman–Crippen LogP) is 3.98. The smallest absolute Gasteiger partial charge is 0.224 e. The van der Waals surface area contributed by atoms with Crippen LogP contribution in [0.4, 0.5) is 0 Å². The van der Waals surface area contributed by atoms with Gasteiger partial charge >= 0.3 is 0 Å². The number of carbonyl (C=O) groups excluding carboxylic acids is 1. The second-order valence-corrected chi connectivity index (χ2v) is 7.43. The Labute approximate surface area is 175 Å². The summed E-state index contributed by atoms with van der Waals surface area (Å²) >= 11 is 5.40. The molecule has 0 fully saturated rings. The molecule has 0 saturated heterocycles. The van der Waals surface area contributed by atoms with Gasteiger partial charge in [0.25, 0.3) is 0 Å². The molecule has 7 heteroatoms. The van der Waals surface area contributed by atoms with Gasteiger partial charge in [-0.05, 0) is 61.0 Å². The van der Waals surface area contributed by atoms with E-state index in [1.807, 2.05) is 46.7 Å². The van der Waals surface area contributed by atoms with Crippen LogP contribution < -0.4 is 4.74 Å². The molecule has 4 rings (SSSR count). The summed E-state index contributed by atoms with van der Waals surface area (Å²) in [5.74, 6) is 1.69. The van der Waals surface area contributed by atoms with E-state index in [0.29, 0.717) is 30.9 Å². The van der Waals surface area contributed by atoms with Gasteiger partial charge < -0.3 is 9.64 Å². The van der Waals surface area contributed by atoms with Crippen LogP contribution in [0.15, 0.2) is 48.5 Å². The minimum Gasteiger partial charge on any atom is -0.494 e. The van der Waals surface area contributed by atoms with Crippen molar-refractivity contribution in [2.75, 3.05) is 13.2 Å². The molecular formula is C22H24N4O2S. The van der Waals surface area contributed by atoms with Crippen LogP contribution in [0.5, 0.6) is 5.75 Å². The molecular weight excluding hydrogens is 384 g/mol. The number of aromatic nitrogens is 3. The minimum absolute atomic E-state index is 0.139. The van der Waals surface area contributed by atoms with Crippen molar-refractivity contribution in [3.8, 4) is 17.1 Å². The van der Waals surface area contributed by atoms with Gasteiger partial charge in [-0.25, -0.2) is 0 Å². The summed E-state index contributed by atoms with van der Waals surface area (Å²) in [6.45, 7) is 4.52. The Balaban J connectivity index is 1.44. The van der Waals surface area contributed by atoms with Gasteiger partial charge in [-0.2, -0.15) is 5.10 Å². The number of fused-ring (bicyclic) bond motifs is 1. The number of nitrogens with one attached hydrogen (secondary N) is 1. The largest absolute Gasteiger partial charge is 0.494 e. The maximum atomic E-state index is 12.8. The fourth-order valence-electron chi connectivity index (χ4n) is 3.69. The Kier molecular flexibility index (Phi) is 5.76. The van der Waals surface area contributed by atoms with Gasteiger partial charge in [0.2, 0.25) is 5.91 Å². The quantitative estimate of drug-likeness (QED) is 0.627. The summed E-state index contributed by atoms with van der Waals surface area (Å²) in [6.07, 6.45) is 1.30. The molecule has 0 spiro atoms. The van der Waals surface area contributed by atoms with Crippen molar-refractivity contribution in [2.24, 2.45) is 0 Å². The summed E-state index contributed by atoms with van der Waals surface area (Å²) in [7, 11) is 0. The minimum atomic E-state index is 0.139. The van der Waals surface area contributed by atoms with E-state index in [4.69, 9.17) is 17.0 Å². The van der Waals surface area contributed by atoms with Crippen LogP contribution in [-0.2, 0) is 24.3 Å². The highest BCUT2D eigenvalue weighted by Crippen LogP contribution is 2.22. The molecule has 1 aromatic heterocycles. The molecule has 2 aromatic carbocycles. The van der Waals surface area contributed by atoms with Crippen LogP contribution in [0.2, 0.25) is 0 Å². The molecule has 29 heavy (non-hydrogen) atoms. The van der Waals surface area contributed by atoms with E-state index in [1.54, 1.807) is 0 Å². The zero-order valence-corrected chi connectivity index (χ0v) is 17.2. The van der Waals surface area contributed by atoms with Crippen molar-refractivity contribution in [3.05, 3.63) is 64.4 Å². The van der Waals surface area contributed by atoms with Gasteiger partial charge in [0.15, 0.2) is 10.6 Å². The molecule has 1 amide bonds. The number of nitrogens with zero attached hydrogens (tertiary/aromatic N) is 3. The maximum absolute atomic E-state index is 12.8. The molecule has 0 radical (unpaired) electrons. The van der Waals surface area contributed by atoms with Crippen LogP contribution in [0.1, 0.15) is 24.5 Å². The Morgan fingerprint density at radius 2 is 1.93 bits per heavy atom. The summed E-state index contributed by atoms with van der Waals surface area (Å²) in [6, 6.07) is 16.1. The number of H-pyrrole nitrogens is 1. The van der Waals surface area contributed by atoms with Gasteiger partial charge in [-0.15, -0.1) is 0 Å². The molecule has 0 unspecified atom stereocenters. The number of hydrogen-bond donors (Lipinski definition) is 1. The topological polar surface area (TPSA) is 63.1 Å². The maximum Gasteiger partial charge on any atom is 0.224 e. The fourth-order valence-corrected chi connectivity index (χ4v) is 3.91. The van der Waals surface area contributed by atoms with Gasteiger partial charge in [-0.3, -0.25) is 14.5 Å². The lowest BCUT2D eigenvalue weighted by Crippen LogP contribution is -2.36. The highest BCUT2D eigenvalue weighted by Gasteiger charge is 2.20. The molecule has 0 atom stereocenters. The Morgan fingerprint density at radius 3 is 2.69 bits per heavy atom. The van der Waals surface area contributed by atoms with E-state index in [1.165, 1.54) is 11.1 Å². The van der Waals surface area contributed by atoms with Crippen molar-refractivity contribution in [1.29, 1.82) is 0 Å². The van der Waals surface area contributed by atoms with E-state index in [9.17, 15) is 4.79 Å². The fraction of sp³-hybridized carbons (Fsp3) is 0.318. The second kappa shape index (κ2) is 8.61. The third-order valence-corrected chi connectivity index (χ3v) is 5.53. The first kappa shape index (κ1) is 19.4. The summed E-state index contributed by atoms with van der Waals surface area (Å²) in [5.41, 5.74) is 3.51. The molecule has 0 saturated carbocycles. The molecule has 1 aliphatic rings. The molecule has 6 nitrogen and oxygen atoms in total. The molecule has 0 bridgehead atoms. The monoisotopic (exact) mass is 408 g/mol. The number of hydrogen-bond acceptors (Lipinski definition) is 4. The zero-order valence-electron chi connectivity index (χ0n) is 16.4. The first-order valence-corrected chi connectivity index (χ1v) is 10.3. The number of benzene rings is 2. The van der Waals surface area contributed by atoms with Crippen LogP contribution in [0.3, 0.4) is 0 Å². The van der Waals surface area contributed by atoms with E-state index in [0.717, 1.165) is 30.1 Å². The third kappa shape index (κ3) is 4.24. The van der Waals surface area contributed by atoms with Gasteiger partial charge in [0, 0.05) is 31.6 Å². The normalized spacial score (nSPS) is 13.2. The van der Waals surface area contributed by atoms with Gasteiger partial charge in [0.1, 0.15) is 5.75 Å². The molecule has 3 aromatic rings. The average molecular weight is 409 g/mol. The second-order valence-electron chi connectivity index (χ2n) is 7.05. The lowest BCUT2D eigenvalue weighted by Gasteiger charge is -2.29. The summed E-state index contributed by atoms with van der Waals surface area (Å²) in [4.78, 5) is 14.7. The number of ether oxygens (including phenoxy) is 1. The highest BCUT2D eigenvalue weighted by molar-refractivity contribution is 7.71. The first-order valence-electron chi connectivity index (χ1n) is 9.88. The van der Waals surface area contributed by atoms with E-state index >= 15 is 0 Å². The SMILES string of the molecule is CCOc1ccc(-c2n[nH]c(=S)n2CCC(=O)N2CCc3ccccc3C2)cc1. The third-order valence-electron chi connectivity index (χ3n) is 5.21. The van der Waals surface area contributed by atoms with Crippen LogP contribution in [0, 0.1) is 4.77 Å². The molecule has 150 valence electrons. The van der Waals surface area contributed by atoms with Crippen molar-refractivity contribution in [3.63, 3.8) is 0 Å². The Bertz CT molecular complexity index is 1060. The van der Waals surface area contributed by atoms with E-state index in [2.05, 4.69) is 28.4 Å². The number of amides is 1. The van der Waals surface area contributed by atoms with Crippen molar-refractivity contribution < 1.29 is 9.53 Å². The standard InChI is InChI=1S/C22H24N4O2S/c1-2-28-19-9-7-17(8-10-19)21-23-24-22(29)26(21)14-12-20(27)25-13-11-16-5-3-4-6-18(16)15-25/h3-10H,2,11-15H2,1H3,(H,24,29). The van der Waals surface area contributed by atoms with Crippen molar-refractivity contribution in [1.82, 2.24) is 19.7 Å². The van der Waals surface area contributed by atoms with E-state index in [-0.39, 0.29) is 5.91 Å². The van der Waals surface area contributed by atoms with E-state index < -0.39 is 0 Å². The molecule has 1 aliphatic heterocycles. The number of aromatic amines is 1. The van der Waals surface area contributed by atoms with Crippen molar-refractivity contribution in [2.45, 2.75) is 32.9 Å². The summed E-state index contributed by atoms with van der Waals surface area (Å²) < 4.78 is 7.91. The average Bonchev–Trinajstić information content (AvgIpc) is 3.12. The predicted molar refractivity (Wildman–Crippen MR) is 114 cm³/mol. The van der Waals surface area contributed by atoms with Crippen LogP contribution in [0.25, 0.3) is 11.4 Å².